The largest absolute Gasteiger partial charge is 0.416 e. The van der Waals surface area contributed by atoms with Crippen LogP contribution in [0.5, 0.6) is 0 Å². The van der Waals surface area contributed by atoms with E-state index in [-0.39, 0.29) is 41.4 Å². The molecule has 1 amide bonds. The van der Waals surface area contributed by atoms with E-state index in [0.717, 1.165) is 29.8 Å². The minimum atomic E-state index is -4.42. The van der Waals surface area contributed by atoms with Crippen LogP contribution in [0.25, 0.3) is 0 Å². The highest BCUT2D eigenvalue weighted by molar-refractivity contribution is 9.10. The van der Waals surface area contributed by atoms with Gasteiger partial charge in [-0.1, -0.05) is 46.3 Å². The average Bonchev–Trinajstić information content (AvgIpc) is 3.05. The van der Waals surface area contributed by atoms with Crippen molar-refractivity contribution in [2.75, 3.05) is 13.1 Å². The summed E-state index contributed by atoms with van der Waals surface area (Å²) in [4.78, 5) is 26.5. The number of likely N-dealkylation sites (tertiary alicyclic amines) is 1. The van der Waals surface area contributed by atoms with Crippen LogP contribution in [0.4, 0.5) is 13.2 Å². The molecule has 2 aliphatic rings. The summed E-state index contributed by atoms with van der Waals surface area (Å²) in [5.74, 6) is 0.262. The summed E-state index contributed by atoms with van der Waals surface area (Å²) < 4.78 is 40.8. The fraction of sp³-hybridized carbons (Fsp3) is 0.462. The SMILES string of the molecule is CC(=O)CC1CC2(CCN(C(=O)CCc3ccccc3C(F)(F)F)CC2)c2c(Br)cccc21. The Balaban J connectivity index is 1.43. The minimum absolute atomic E-state index is 0.0628. The molecule has 1 unspecified atom stereocenters. The number of piperidine rings is 1. The topological polar surface area (TPSA) is 37.4 Å². The van der Waals surface area contributed by atoms with Gasteiger partial charge in [0.2, 0.25) is 5.91 Å². The fourth-order valence-corrected chi connectivity index (χ4v) is 6.51. The highest BCUT2D eigenvalue weighted by atomic mass is 79.9. The smallest absolute Gasteiger partial charge is 0.343 e. The highest BCUT2D eigenvalue weighted by Gasteiger charge is 2.47. The quantitative estimate of drug-likeness (QED) is 0.454. The van der Waals surface area contributed by atoms with Crippen molar-refractivity contribution in [2.45, 2.75) is 63.0 Å². The van der Waals surface area contributed by atoms with Crippen LogP contribution in [0, 0.1) is 0 Å². The van der Waals surface area contributed by atoms with Crippen molar-refractivity contribution in [1.29, 1.82) is 0 Å². The van der Waals surface area contributed by atoms with Gasteiger partial charge >= 0.3 is 6.18 Å². The van der Waals surface area contributed by atoms with E-state index in [1.165, 1.54) is 23.3 Å². The van der Waals surface area contributed by atoms with Crippen LogP contribution in [0.3, 0.4) is 0 Å². The Morgan fingerprint density at radius 1 is 1.09 bits per heavy atom. The lowest BCUT2D eigenvalue weighted by molar-refractivity contribution is -0.139. The Hall–Kier alpha value is -2.15. The van der Waals surface area contributed by atoms with Gasteiger partial charge in [-0.25, -0.2) is 0 Å². The predicted molar refractivity (Wildman–Crippen MR) is 124 cm³/mol. The molecule has 0 saturated carbocycles. The van der Waals surface area contributed by atoms with E-state index in [9.17, 15) is 22.8 Å². The lowest BCUT2D eigenvalue weighted by Crippen LogP contribution is -2.44. The Morgan fingerprint density at radius 3 is 2.45 bits per heavy atom. The summed E-state index contributed by atoms with van der Waals surface area (Å²) >= 11 is 3.71. The number of nitrogens with zero attached hydrogens (tertiary/aromatic N) is 1. The Morgan fingerprint density at radius 2 is 1.79 bits per heavy atom. The second-order valence-corrected chi connectivity index (χ2v) is 10.2. The molecule has 1 aliphatic heterocycles. The van der Waals surface area contributed by atoms with Crippen LogP contribution in [0.15, 0.2) is 46.9 Å². The van der Waals surface area contributed by atoms with Crippen LogP contribution >= 0.6 is 15.9 Å². The number of fused-ring (bicyclic) bond motifs is 2. The molecule has 7 heteroatoms. The van der Waals surface area contributed by atoms with Gasteiger partial charge < -0.3 is 9.69 Å². The van der Waals surface area contributed by atoms with Crippen molar-refractivity contribution in [1.82, 2.24) is 4.90 Å². The molecule has 2 aromatic carbocycles. The van der Waals surface area contributed by atoms with Crippen LogP contribution in [0.1, 0.15) is 67.2 Å². The van der Waals surface area contributed by atoms with Crippen molar-refractivity contribution in [2.24, 2.45) is 0 Å². The maximum atomic E-state index is 13.2. The molecule has 1 atom stereocenters. The first kappa shape index (κ1) is 24.0. The van der Waals surface area contributed by atoms with E-state index in [2.05, 4.69) is 22.0 Å². The third kappa shape index (κ3) is 4.88. The number of benzene rings is 2. The Kier molecular flexibility index (Phi) is 6.72. The number of carbonyl (C=O) groups excluding carboxylic acids is 2. The molecule has 0 bridgehead atoms. The predicted octanol–water partition coefficient (Wildman–Crippen LogP) is 6.43. The molecule has 0 radical (unpaired) electrons. The van der Waals surface area contributed by atoms with E-state index in [0.29, 0.717) is 19.5 Å². The van der Waals surface area contributed by atoms with Gasteiger partial charge in [0.15, 0.2) is 0 Å². The summed E-state index contributed by atoms with van der Waals surface area (Å²) in [6, 6.07) is 11.6. The number of hydrogen-bond acceptors (Lipinski definition) is 2. The van der Waals surface area contributed by atoms with E-state index >= 15 is 0 Å². The zero-order valence-corrected chi connectivity index (χ0v) is 20.1. The number of rotatable bonds is 5. The standard InChI is InChI=1S/C26H27BrF3NO2/c1-17(32)15-19-16-25(24-20(19)6-4-8-22(24)27)11-13-31(14-12-25)23(33)10-9-18-5-2-3-7-21(18)26(28,29)30/h2-8,19H,9-16H2,1H3. The van der Waals surface area contributed by atoms with Gasteiger partial charge in [-0.2, -0.15) is 13.2 Å². The zero-order valence-electron chi connectivity index (χ0n) is 18.6. The summed E-state index contributed by atoms with van der Waals surface area (Å²) in [5, 5.41) is 0. The number of hydrogen-bond donors (Lipinski definition) is 0. The fourth-order valence-electron chi connectivity index (χ4n) is 5.71. The van der Waals surface area contributed by atoms with E-state index in [1.54, 1.807) is 17.9 Å². The lowest BCUT2D eigenvalue weighted by Gasteiger charge is -2.41. The molecule has 1 fully saturated rings. The maximum Gasteiger partial charge on any atom is 0.416 e. The van der Waals surface area contributed by atoms with E-state index in [1.807, 2.05) is 12.1 Å². The monoisotopic (exact) mass is 521 g/mol. The van der Waals surface area contributed by atoms with Crippen molar-refractivity contribution in [3.05, 3.63) is 69.2 Å². The van der Waals surface area contributed by atoms with E-state index < -0.39 is 11.7 Å². The molecule has 1 heterocycles. The number of halogens is 4. The molecule has 1 spiro atoms. The summed E-state index contributed by atoms with van der Waals surface area (Å²) in [6.07, 6.45) is -1.28. The van der Waals surface area contributed by atoms with Gasteiger partial charge in [0.25, 0.3) is 0 Å². The van der Waals surface area contributed by atoms with Gasteiger partial charge in [0.1, 0.15) is 5.78 Å². The number of carbonyl (C=O) groups is 2. The number of ketones is 1. The highest BCUT2D eigenvalue weighted by Crippen LogP contribution is 2.55. The van der Waals surface area contributed by atoms with Gasteiger partial charge in [-0.15, -0.1) is 0 Å². The molecular weight excluding hydrogens is 495 g/mol. The average molecular weight is 522 g/mol. The van der Waals surface area contributed by atoms with Crippen LogP contribution in [-0.4, -0.2) is 29.7 Å². The first-order chi connectivity index (χ1) is 15.6. The molecule has 3 nitrogen and oxygen atoms in total. The molecular formula is C26H27BrF3NO2. The van der Waals surface area contributed by atoms with Crippen LogP contribution in [-0.2, 0) is 27.6 Å². The van der Waals surface area contributed by atoms with Crippen molar-refractivity contribution >= 4 is 27.6 Å². The van der Waals surface area contributed by atoms with E-state index in [4.69, 9.17) is 0 Å². The first-order valence-corrected chi connectivity index (χ1v) is 12.1. The van der Waals surface area contributed by atoms with Gasteiger partial charge in [0, 0.05) is 35.8 Å². The Labute approximate surface area is 200 Å². The zero-order chi connectivity index (χ0) is 23.8. The molecule has 0 N–H and O–H groups in total. The van der Waals surface area contributed by atoms with Gasteiger partial charge in [-0.3, -0.25) is 4.79 Å². The number of amides is 1. The van der Waals surface area contributed by atoms with Gasteiger partial charge in [0.05, 0.1) is 5.56 Å². The maximum absolute atomic E-state index is 13.2. The number of alkyl halides is 3. The van der Waals surface area contributed by atoms with Crippen LogP contribution in [0.2, 0.25) is 0 Å². The normalized spacial score (nSPS) is 19.5. The van der Waals surface area contributed by atoms with Crippen LogP contribution < -0.4 is 0 Å². The first-order valence-electron chi connectivity index (χ1n) is 11.3. The third-order valence-electron chi connectivity index (χ3n) is 7.19. The summed E-state index contributed by atoms with van der Waals surface area (Å²) in [6.45, 7) is 2.78. The molecule has 0 aromatic heterocycles. The molecule has 33 heavy (non-hydrogen) atoms. The molecule has 176 valence electrons. The van der Waals surface area contributed by atoms with Crippen molar-refractivity contribution < 1.29 is 22.8 Å². The molecule has 4 rings (SSSR count). The second-order valence-electron chi connectivity index (χ2n) is 9.33. The molecule has 1 saturated heterocycles. The minimum Gasteiger partial charge on any atom is -0.343 e. The third-order valence-corrected chi connectivity index (χ3v) is 7.85. The molecule has 2 aromatic rings. The van der Waals surface area contributed by atoms with Crippen molar-refractivity contribution in [3.8, 4) is 0 Å². The summed E-state index contributed by atoms with van der Waals surface area (Å²) in [5.41, 5.74) is 1.91. The summed E-state index contributed by atoms with van der Waals surface area (Å²) in [7, 11) is 0. The van der Waals surface area contributed by atoms with Gasteiger partial charge in [-0.05, 0) is 67.3 Å². The Bertz CT molecular complexity index is 1060. The number of aryl methyl sites for hydroxylation is 1. The van der Waals surface area contributed by atoms with Crippen molar-refractivity contribution in [3.63, 3.8) is 0 Å². The number of Topliss-reactive ketones (excluding diaryl/α,β-unsaturated/α-hetero) is 1. The lowest BCUT2D eigenvalue weighted by atomic mass is 9.73. The molecule has 1 aliphatic carbocycles. The second kappa shape index (κ2) is 9.24.